The molecule has 0 saturated carbocycles. The number of carbonyl (C=O) groups is 2. The summed E-state index contributed by atoms with van der Waals surface area (Å²) in [5, 5.41) is 2.09. The zero-order valence-electron chi connectivity index (χ0n) is 4.43. The number of carbonyl (C=O) groups excluding carboxylic acids is 2. The summed E-state index contributed by atoms with van der Waals surface area (Å²) in [4.78, 5) is 20.8. The van der Waals surface area contributed by atoms with Crippen molar-refractivity contribution in [1.29, 1.82) is 0 Å². The summed E-state index contributed by atoms with van der Waals surface area (Å²) < 4.78 is 0. The summed E-state index contributed by atoms with van der Waals surface area (Å²) in [6.07, 6.45) is 1.76. The maximum absolute atomic E-state index is 10.5. The fourth-order valence-corrected chi connectivity index (χ4v) is 1.38. The minimum Gasteiger partial charge on any atom is -0.269 e. The number of hydrogen-bond acceptors (Lipinski definition) is 2. The molecule has 1 fully saturated rings. The predicted octanol–water partition coefficient (Wildman–Crippen LogP) is -0.516. The molecule has 1 aliphatic heterocycles. The van der Waals surface area contributed by atoms with Gasteiger partial charge in [-0.25, -0.2) is 10.1 Å². The summed E-state index contributed by atoms with van der Waals surface area (Å²) in [6, 6.07) is 0. The van der Waals surface area contributed by atoms with Crippen LogP contribution >= 0.6 is 0 Å². The molecule has 1 heterocycles. The molecule has 1 aliphatic rings. The van der Waals surface area contributed by atoms with Crippen LogP contribution in [0, 0.1) is 0 Å². The van der Waals surface area contributed by atoms with E-state index in [1.165, 1.54) is 0 Å². The van der Waals surface area contributed by atoms with E-state index in [2.05, 4.69) is 5.32 Å². The molecule has 1 saturated heterocycles. The van der Waals surface area contributed by atoms with Gasteiger partial charge in [-0.2, -0.15) is 0 Å². The fourth-order valence-electron chi connectivity index (χ4n) is 0.499. The van der Waals surface area contributed by atoms with Crippen molar-refractivity contribution in [3.63, 3.8) is 0 Å². The Labute approximate surface area is 49.8 Å². The van der Waals surface area contributed by atoms with E-state index in [1.807, 2.05) is 0 Å². The van der Waals surface area contributed by atoms with Crippen molar-refractivity contribution in [1.82, 2.24) is 5.32 Å². The van der Waals surface area contributed by atoms with Crippen molar-refractivity contribution in [3.05, 3.63) is 0 Å². The second-order valence-corrected chi connectivity index (χ2v) is 3.55. The van der Waals surface area contributed by atoms with Crippen molar-refractivity contribution < 1.29 is 9.59 Å². The average Bonchev–Trinajstić information content (AvgIpc) is 1.85. The van der Waals surface area contributed by atoms with Gasteiger partial charge in [-0.1, -0.05) is 0 Å². The molecule has 8 heavy (non-hydrogen) atoms. The van der Waals surface area contributed by atoms with Crippen molar-refractivity contribution in [3.8, 4) is 0 Å². The SMILES string of the molecule is C[S+]1CC(=O)NC1=O. The molecule has 44 valence electrons. The van der Waals surface area contributed by atoms with Crippen LogP contribution in [0.1, 0.15) is 0 Å². The number of amides is 2. The van der Waals surface area contributed by atoms with Gasteiger partial charge in [0, 0.05) is 0 Å². The van der Waals surface area contributed by atoms with Crippen LogP contribution in [0.4, 0.5) is 4.79 Å². The lowest BCUT2D eigenvalue weighted by molar-refractivity contribution is -0.117. The van der Waals surface area contributed by atoms with Crippen LogP contribution in [0.15, 0.2) is 0 Å². The standard InChI is InChI=1S/C4H5NO2S/c1-8-2-3(6)5-4(8)7/h2H2,1H3/p+1. The minimum atomic E-state index is -0.347. The summed E-state index contributed by atoms with van der Waals surface area (Å²) in [5.74, 6) is 0.250. The van der Waals surface area contributed by atoms with Gasteiger partial charge >= 0.3 is 5.24 Å². The molecule has 1 rings (SSSR count). The first-order chi connectivity index (χ1) is 3.70. The molecule has 0 aliphatic carbocycles. The maximum atomic E-state index is 10.5. The molecule has 1 N–H and O–H groups in total. The van der Waals surface area contributed by atoms with Gasteiger partial charge in [0.1, 0.15) is 6.26 Å². The minimum absolute atomic E-state index is 0.116. The average molecular weight is 132 g/mol. The van der Waals surface area contributed by atoms with Crippen LogP contribution in [0.25, 0.3) is 0 Å². The van der Waals surface area contributed by atoms with Crippen LogP contribution in [-0.4, -0.2) is 23.2 Å². The van der Waals surface area contributed by atoms with Crippen LogP contribution < -0.4 is 5.32 Å². The molecule has 0 aromatic heterocycles. The Bertz CT molecular complexity index is 145. The van der Waals surface area contributed by atoms with Gasteiger partial charge in [-0.05, 0) is 0 Å². The van der Waals surface area contributed by atoms with E-state index in [1.54, 1.807) is 6.26 Å². The summed E-state index contributed by atoms with van der Waals surface area (Å²) in [7, 11) is -0.347. The highest BCUT2D eigenvalue weighted by Crippen LogP contribution is 1.99. The third kappa shape index (κ3) is 0.838. The fraction of sp³-hybridized carbons (Fsp3) is 0.500. The van der Waals surface area contributed by atoms with E-state index in [0.717, 1.165) is 0 Å². The molecule has 1 atom stereocenters. The van der Waals surface area contributed by atoms with Crippen LogP contribution in [0.5, 0.6) is 0 Å². The first kappa shape index (κ1) is 5.62. The highest BCUT2D eigenvalue weighted by atomic mass is 32.2. The number of hydrogen-bond donors (Lipinski definition) is 1. The van der Waals surface area contributed by atoms with Gasteiger partial charge in [0.25, 0.3) is 5.91 Å². The summed E-state index contributed by atoms with van der Waals surface area (Å²) in [6.45, 7) is 0. The highest BCUT2D eigenvalue weighted by Gasteiger charge is 2.36. The Morgan fingerprint density at radius 1 is 1.62 bits per heavy atom. The first-order valence-electron chi connectivity index (χ1n) is 2.16. The summed E-state index contributed by atoms with van der Waals surface area (Å²) in [5.41, 5.74) is 0. The third-order valence-electron chi connectivity index (χ3n) is 0.906. The molecule has 1 unspecified atom stereocenters. The molecule has 3 nitrogen and oxygen atoms in total. The van der Waals surface area contributed by atoms with Gasteiger partial charge in [0.15, 0.2) is 5.75 Å². The monoisotopic (exact) mass is 132 g/mol. The third-order valence-corrected chi connectivity index (χ3v) is 2.34. The van der Waals surface area contributed by atoms with Gasteiger partial charge in [-0.3, -0.25) is 4.79 Å². The first-order valence-corrected chi connectivity index (χ1v) is 3.96. The van der Waals surface area contributed by atoms with Gasteiger partial charge in [-0.15, -0.1) is 0 Å². The van der Waals surface area contributed by atoms with E-state index in [-0.39, 0.29) is 22.0 Å². The smallest absolute Gasteiger partial charge is 0.269 e. The second-order valence-electron chi connectivity index (χ2n) is 1.62. The Morgan fingerprint density at radius 2 is 2.25 bits per heavy atom. The van der Waals surface area contributed by atoms with E-state index in [0.29, 0.717) is 5.75 Å². The lowest BCUT2D eigenvalue weighted by atomic mass is 10.7. The van der Waals surface area contributed by atoms with Crippen molar-refractivity contribution >= 4 is 22.0 Å². The lowest BCUT2D eigenvalue weighted by Crippen LogP contribution is -2.20. The quantitative estimate of drug-likeness (QED) is 0.451. The normalized spacial score (nSPS) is 28.4. The Kier molecular flexibility index (Phi) is 1.25. The molecule has 4 heteroatoms. The second kappa shape index (κ2) is 1.78. The molecule has 0 spiro atoms. The number of nitrogens with one attached hydrogen (secondary N) is 1. The topological polar surface area (TPSA) is 46.2 Å². The number of rotatable bonds is 0. The van der Waals surface area contributed by atoms with Crippen molar-refractivity contribution in [2.45, 2.75) is 0 Å². The highest BCUT2D eigenvalue weighted by molar-refractivity contribution is 8.11. The van der Waals surface area contributed by atoms with E-state index < -0.39 is 0 Å². The number of imide groups is 1. The Morgan fingerprint density at radius 3 is 2.38 bits per heavy atom. The Hall–Kier alpha value is -0.510. The van der Waals surface area contributed by atoms with Crippen molar-refractivity contribution in [2.75, 3.05) is 12.0 Å². The molecular weight excluding hydrogens is 126 g/mol. The van der Waals surface area contributed by atoms with Gasteiger partial charge in [0.2, 0.25) is 0 Å². The maximum Gasteiger partial charge on any atom is 0.436 e. The van der Waals surface area contributed by atoms with Crippen LogP contribution in [0.2, 0.25) is 0 Å². The molecule has 0 bridgehead atoms. The largest absolute Gasteiger partial charge is 0.436 e. The van der Waals surface area contributed by atoms with Gasteiger partial charge < -0.3 is 0 Å². The van der Waals surface area contributed by atoms with Crippen LogP contribution in [-0.2, 0) is 15.7 Å². The van der Waals surface area contributed by atoms with E-state index in [9.17, 15) is 9.59 Å². The lowest BCUT2D eigenvalue weighted by Gasteiger charge is -1.77. The predicted molar refractivity (Wildman–Crippen MR) is 31.7 cm³/mol. The molecule has 0 aromatic rings. The van der Waals surface area contributed by atoms with E-state index >= 15 is 0 Å². The zero-order valence-corrected chi connectivity index (χ0v) is 5.25. The van der Waals surface area contributed by atoms with E-state index in [4.69, 9.17) is 0 Å². The molecule has 0 aromatic carbocycles. The van der Waals surface area contributed by atoms with Crippen LogP contribution in [0.3, 0.4) is 0 Å². The molecule has 0 radical (unpaired) electrons. The Balaban J connectivity index is 2.64. The van der Waals surface area contributed by atoms with Gasteiger partial charge in [0.05, 0.1) is 10.9 Å². The van der Waals surface area contributed by atoms with Crippen molar-refractivity contribution in [2.24, 2.45) is 0 Å². The molecular formula is C4H6NO2S+. The molecule has 2 amide bonds. The zero-order chi connectivity index (χ0) is 6.15. The summed E-state index contributed by atoms with van der Waals surface area (Å²) >= 11 is 0.